The summed E-state index contributed by atoms with van der Waals surface area (Å²) < 4.78 is 4.98. The molecule has 0 amide bonds. The molecule has 2 aromatic rings. The van der Waals surface area contributed by atoms with Gasteiger partial charge in [-0.1, -0.05) is 24.3 Å². The van der Waals surface area contributed by atoms with Gasteiger partial charge in [0.25, 0.3) is 0 Å². The average molecular weight is 274 g/mol. The number of hydrogen-bond donors (Lipinski definition) is 0. The zero-order valence-corrected chi connectivity index (χ0v) is 10.9. The lowest BCUT2D eigenvalue weighted by Crippen LogP contribution is -2.08. The molecule has 0 aliphatic carbocycles. The van der Waals surface area contributed by atoms with Gasteiger partial charge in [0.2, 0.25) is 0 Å². The molecule has 2 rings (SSSR count). The molecule has 0 saturated heterocycles. The van der Waals surface area contributed by atoms with E-state index < -0.39 is 5.97 Å². The number of rotatable bonds is 4. The Morgan fingerprint density at radius 1 is 1.05 bits per heavy atom. The number of benzene rings is 1. The van der Waals surface area contributed by atoms with Gasteiger partial charge in [-0.25, -0.2) is 0 Å². The second-order valence-electron chi connectivity index (χ2n) is 3.79. The number of nitrogens with zero attached hydrogens (tertiary/aromatic N) is 1. The fourth-order valence-corrected chi connectivity index (χ4v) is 1.53. The molecule has 0 aliphatic heterocycles. The molecule has 3 nitrogen and oxygen atoms in total. The lowest BCUT2D eigenvalue weighted by molar-refractivity contribution is -0.131. The highest BCUT2D eigenvalue weighted by molar-refractivity contribution is 6.26. The van der Waals surface area contributed by atoms with Crippen molar-refractivity contribution in [2.75, 3.05) is 5.88 Å². The van der Waals surface area contributed by atoms with Crippen molar-refractivity contribution in [2.45, 2.75) is 0 Å². The van der Waals surface area contributed by atoms with Gasteiger partial charge < -0.3 is 4.74 Å². The number of carbonyl (C=O) groups excluding carboxylic acids is 1. The summed E-state index contributed by atoms with van der Waals surface area (Å²) >= 11 is 5.36. The highest BCUT2D eigenvalue weighted by atomic mass is 35.5. The van der Waals surface area contributed by atoms with Crippen molar-refractivity contribution in [1.82, 2.24) is 4.98 Å². The summed E-state index contributed by atoms with van der Waals surface area (Å²) in [6.07, 6.45) is 7.45. The van der Waals surface area contributed by atoms with Crippen LogP contribution in [0.1, 0.15) is 11.1 Å². The first-order valence-corrected chi connectivity index (χ1v) is 6.26. The molecule has 1 heterocycles. The molecule has 1 aromatic heterocycles. The topological polar surface area (TPSA) is 39.2 Å². The van der Waals surface area contributed by atoms with Crippen LogP contribution in [0.5, 0.6) is 5.75 Å². The van der Waals surface area contributed by atoms with Gasteiger partial charge >= 0.3 is 5.97 Å². The summed E-state index contributed by atoms with van der Waals surface area (Å²) in [6, 6.07) is 11.1. The molecule has 96 valence electrons. The largest absolute Gasteiger partial charge is 0.426 e. The van der Waals surface area contributed by atoms with Crippen LogP contribution in [0.3, 0.4) is 0 Å². The Kier molecular flexibility index (Phi) is 4.70. The molecule has 0 radical (unpaired) electrons. The summed E-state index contributed by atoms with van der Waals surface area (Å²) in [4.78, 5) is 15.0. The van der Waals surface area contributed by atoms with Crippen LogP contribution in [0.4, 0.5) is 0 Å². The number of aromatic nitrogens is 1. The van der Waals surface area contributed by atoms with E-state index in [2.05, 4.69) is 4.98 Å². The highest BCUT2D eigenvalue weighted by Gasteiger charge is 2.01. The minimum Gasteiger partial charge on any atom is -0.426 e. The van der Waals surface area contributed by atoms with E-state index in [4.69, 9.17) is 16.3 Å². The molecule has 0 unspecified atom stereocenters. The van der Waals surface area contributed by atoms with Crippen LogP contribution in [0.25, 0.3) is 12.2 Å². The smallest absolute Gasteiger partial charge is 0.326 e. The maximum absolute atomic E-state index is 11.0. The number of esters is 1. The molecular formula is C15H12ClNO2. The maximum atomic E-state index is 11.0. The summed E-state index contributed by atoms with van der Waals surface area (Å²) in [5, 5.41) is 0. The van der Waals surface area contributed by atoms with Gasteiger partial charge in [-0.15, -0.1) is 11.6 Å². The van der Waals surface area contributed by atoms with E-state index in [-0.39, 0.29) is 5.88 Å². The Balaban J connectivity index is 2.03. The van der Waals surface area contributed by atoms with Crippen LogP contribution in [0.15, 0.2) is 48.8 Å². The summed E-state index contributed by atoms with van der Waals surface area (Å²) in [7, 11) is 0. The molecule has 0 N–H and O–H groups in total. The van der Waals surface area contributed by atoms with Crippen LogP contribution in [0.2, 0.25) is 0 Å². The van der Waals surface area contributed by atoms with Crippen molar-refractivity contribution in [3.63, 3.8) is 0 Å². The molecule has 0 atom stereocenters. The average Bonchev–Trinajstić information content (AvgIpc) is 2.47. The van der Waals surface area contributed by atoms with Crippen LogP contribution < -0.4 is 4.74 Å². The molecule has 0 saturated carbocycles. The number of hydrogen-bond acceptors (Lipinski definition) is 3. The molecule has 0 bridgehead atoms. The second-order valence-corrected chi connectivity index (χ2v) is 4.06. The van der Waals surface area contributed by atoms with Gasteiger partial charge in [0.15, 0.2) is 0 Å². The van der Waals surface area contributed by atoms with E-state index in [9.17, 15) is 4.79 Å². The molecule has 0 spiro atoms. The van der Waals surface area contributed by atoms with Crippen molar-refractivity contribution in [1.29, 1.82) is 0 Å². The first-order chi connectivity index (χ1) is 9.28. The maximum Gasteiger partial charge on any atom is 0.326 e. The van der Waals surface area contributed by atoms with Crippen LogP contribution in [0, 0.1) is 0 Å². The minimum absolute atomic E-state index is 0.149. The van der Waals surface area contributed by atoms with Crippen LogP contribution in [-0.4, -0.2) is 16.8 Å². The Morgan fingerprint density at radius 2 is 1.63 bits per heavy atom. The predicted octanol–water partition coefficient (Wildman–Crippen LogP) is 3.40. The summed E-state index contributed by atoms with van der Waals surface area (Å²) in [5.41, 5.74) is 2.09. The molecule has 0 fully saturated rings. The van der Waals surface area contributed by atoms with Gasteiger partial charge in [-0.05, 0) is 35.4 Å². The third-order valence-corrected chi connectivity index (χ3v) is 2.61. The van der Waals surface area contributed by atoms with E-state index in [0.717, 1.165) is 11.1 Å². The fourth-order valence-electron chi connectivity index (χ4n) is 1.47. The lowest BCUT2D eigenvalue weighted by Gasteiger charge is -2.01. The zero-order chi connectivity index (χ0) is 13.5. The zero-order valence-electron chi connectivity index (χ0n) is 10.1. The number of alkyl halides is 1. The van der Waals surface area contributed by atoms with E-state index in [1.54, 1.807) is 24.5 Å². The number of ether oxygens (including phenoxy) is 1. The number of carbonyl (C=O) groups is 1. The quantitative estimate of drug-likeness (QED) is 0.487. The SMILES string of the molecule is O=C(CCl)Oc1ccc(/C=C/c2ccncc2)cc1. The molecule has 1 aromatic carbocycles. The molecule has 4 heteroatoms. The van der Waals surface area contributed by atoms with Crippen molar-refractivity contribution >= 4 is 29.7 Å². The molecular weight excluding hydrogens is 262 g/mol. The molecule has 19 heavy (non-hydrogen) atoms. The monoisotopic (exact) mass is 273 g/mol. The Bertz CT molecular complexity index is 564. The Morgan fingerprint density at radius 3 is 2.21 bits per heavy atom. The van der Waals surface area contributed by atoms with E-state index in [0.29, 0.717) is 5.75 Å². The van der Waals surface area contributed by atoms with E-state index in [1.165, 1.54) is 0 Å². The van der Waals surface area contributed by atoms with Crippen molar-refractivity contribution in [2.24, 2.45) is 0 Å². The van der Waals surface area contributed by atoms with Crippen LogP contribution in [-0.2, 0) is 4.79 Å². The lowest BCUT2D eigenvalue weighted by atomic mass is 10.1. The fraction of sp³-hybridized carbons (Fsp3) is 0.0667. The van der Waals surface area contributed by atoms with Crippen molar-refractivity contribution in [3.05, 3.63) is 59.9 Å². The van der Waals surface area contributed by atoms with E-state index in [1.807, 2.05) is 36.4 Å². The normalized spacial score (nSPS) is 10.6. The Hall–Kier alpha value is -2.13. The van der Waals surface area contributed by atoms with Gasteiger partial charge in [0.05, 0.1) is 0 Å². The first kappa shape index (κ1) is 13.3. The van der Waals surface area contributed by atoms with Gasteiger partial charge in [0.1, 0.15) is 11.6 Å². The first-order valence-electron chi connectivity index (χ1n) is 5.73. The minimum atomic E-state index is -0.457. The highest BCUT2D eigenvalue weighted by Crippen LogP contribution is 2.14. The predicted molar refractivity (Wildman–Crippen MR) is 76.0 cm³/mol. The van der Waals surface area contributed by atoms with Gasteiger partial charge in [-0.2, -0.15) is 0 Å². The standard InChI is InChI=1S/C15H12ClNO2/c16-11-15(18)19-14-5-3-12(4-6-14)1-2-13-7-9-17-10-8-13/h1-10H,11H2/b2-1+. The Labute approximate surface area is 116 Å². The number of pyridine rings is 1. The van der Waals surface area contributed by atoms with Crippen molar-refractivity contribution in [3.8, 4) is 5.75 Å². The second kappa shape index (κ2) is 6.71. The van der Waals surface area contributed by atoms with Crippen LogP contribution >= 0.6 is 11.6 Å². The van der Waals surface area contributed by atoms with Crippen molar-refractivity contribution < 1.29 is 9.53 Å². The third kappa shape index (κ3) is 4.23. The van der Waals surface area contributed by atoms with E-state index >= 15 is 0 Å². The summed E-state index contributed by atoms with van der Waals surface area (Å²) in [5.74, 6) is -0.114. The third-order valence-electron chi connectivity index (χ3n) is 2.40. The molecule has 0 aliphatic rings. The summed E-state index contributed by atoms with van der Waals surface area (Å²) in [6.45, 7) is 0. The number of halogens is 1. The van der Waals surface area contributed by atoms with Gasteiger partial charge in [0, 0.05) is 12.4 Å². The van der Waals surface area contributed by atoms with Gasteiger partial charge in [-0.3, -0.25) is 9.78 Å².